The maximum Gasteiger partial charge on any atom is 0.192 e. The Bertz CT molecular complexity index is 489. The van der Waals surface area contributed by atoms with E-state index in [0.717, 1.165) is 17.1 Å². The van der Waals surface area contributed by atoms with Gasteiger partial charge < -0.3 is 20.1 Å². The maximum absolute atomic E-state index is 6.00. The normalized spacial score (nSPS) is 22.3. The highest BCUT2D eigenvalue weighted by Crippen LogP contribution is 2.38. The maximum atomic E-state index is 6.00. The lowest BCUT2D eigenvalue weighted by atomic mass is 10.1. The fourth-order valence-electron chi connectivity index (χ4n) is 2.59. The van der Waals surface area contributed by atoms with Crippen LogP contribution in [0.1, 0.15) is 24.4 Å². The molecule has 0 saturated heterocycles. The van der Waals surface area contributed by atoms with Crippen molar-refractivity contribution in [2.75, 3.05) is 20.8 Å². The second-order valence-corrected chi connectivity index (χ2v) is 5.00. The third-order valence-electron chi connectivity index (χ3n) is 3.73. The minimum absolute atomic E-state index is 0.205. The summed E-state index contributed by atoms with van der Waals surface area (Å²) in [7, 11) is 3.33. The van der Waals surface area contributed by atoms with E-state index in [1.54, 1.807) is 14.2 Å². The number of methoxy groups -OCH3 is 2. The number of benzene rings is 1. The first-order valence-electron chi connectivity index (χ1n) is 6.54. The van der Waals surface area contributed by atoms with E-state index in [1.807, 2.05) is 18.2 Å². The summed E-state index contributed by atoms with van der Waals surface area (Å²) in [5, 5.41) is 0. The predicted molar refractivity (Wildman–Crippen MR) is 73.6 cm³/mol. The SMILES string of the molecule is COc1cc(OC)cc(C2CN=C(N)N2C2CC2)c1. The molecule has 0 amide bonds. The Kier molecular flexibility index (Phi) is 2.97. The van der Waals surface area contributed by atoms with Crippen LogP contribution in [0, 0.1) is 0 Å². The number of rotatable bonds is 4. The summed E-state index contributed by atoms with van der Waals surface area (Å²) < 4.78 is 10.7. The zero-order valence-electron chi connectivity index (χ0n) is 11.3. The van der Waals surface area contributed by atoms with Gasteiger partial charge in [0.05, 0.1) is 26.8 Å². The van der Waals surface area contributed by atoms with Gasteiger partial charge in [0.25, 0.3) is 0 Å². The molecule has 0 bridgehead atoms. The average molecular weight is 261 g/mol. The second kappa shape index (κ2) is 4.64. The number of nitrogens with two attached hydrogens (primary N) is 1. The molecule has 5 nitrogen and oxygen atoms in total. The van der Waals surface area contributed by atoms with Gasteiger partial charge >= 0.3 is 0 Å². The van der Waals surface area contributed by atoms with Crippen molar-refractivity contribution >= 4 is 5.96 Å². The quantitative estimate of drug-likeness (QED) is 0.893. The van der Waals surface area contributed by atoms with Crippen molar-refractivity contribution in [3.8, 4) is 11.5 Å². The zero-order chi connectivity index (χ0) is 13.4. The number of aliphatic imine (C=N–C) groups is 1. The molecule has 1 aliphatic carbocycles. The topological polar surface area (TPSA) is 60.1 Å². The van der Waals surface area contributed by atoms with E-state index in [2.05, 4.69) is 9.89 Å². The molecule has 19 heavy (non-hydrogen) atoms. The molecule has 1 unspecified atom stereocenters. The van der Waals surface area contributed by atoms with Gasteiger partial charge in [-0.3, -0.25) is 4.99 Å². The van der Waals surface area contributed by atoms with Gasteiger partial charge in [-0.05, 0) is 30.5 Å². The molecule has 1 aromatic carbocycles. The molecule has 1 aromatic rings. The minimum Gasteiger partial charge on any atom is -0.497 e. The Hall–Kier alpha value is -1.91. The Morgan fingerprint density at radius 1 is 1.16 bits per heavy atom. The first-order valence-corrected chi connectivity index (χ1v) is 6.54. The molecule has 0 aromatic heterocycles. The van der Waals surface area contributed by atoms with Crippen molar-refractivity contribution in [3.63, 3.8) is 0 Å². The lowest BCUT2D eigenvalue weighted by molar-refractivity contribution is 0.333. The van der Waals surface area contributed by atoms with Crippen molar-refractivity contribution in [1.82, 2.24) is 4.90 Å². The summed E-state index contributed by atoms with van der Waals surface area (Å²) in [5.74, 6) is 2.26. The van der Waals surface area contributed by atoms with Crippen molar-refractivity contribution < 1.29 is 9.47 Å². The molecule has 2 aliphatic rings. The molecular formula is C14H19N3O2. The fourth-order valence-corrected chi connectivity index (χ4v) is 2.59. The van der Waals surface area contributed by atoms with Gasteiger partial charge in [0.15, 0.2) is 5.96 Å². The van der Waals surface area contributed by atoms with Crippen LogP contribution < -0.4 is 15.2 Å². The monoisotopic (exact) mass is 261 g/mol. The number of ether oxygens (including phenoxy) is 2. The third kappa shape index (κ3) is 2.20. The van der Waals surface area contributed by atoms with Crippen LogP contribution >= 0.6 is 0 Å². The van der Waals surface area contributed by atoms with E-state index >= 15 is 0 Å². The van der Waals surface area contributed by atoms with Gasteiger partial charge in [-0.1, -0.05) is 0 Å². The van der Waals surface area contributed by atoms with E-state index in [4.69, 9.17) is 15.2 Å². The molecule has 2 N–H and O–H groups in total. The van der Waals surface area contributed by atoms with Crippen LogP contribution in [0.4, 0.5) is 0 Å². The standard InChI is InChI=1S/C14H19N3O2/c1-18-11-5-9(6-12(7-11)19-2)13-8-16-14(15)17(13)10-3-4-10/h5-7,10,13H,3-4,8H2,1-2H3,(H2,15,16). The Balaban J connectivity index is 1.93. The van der Waals surface area contributed by atoms with E-state index < -0.39 is 0 Å². The van der Waals surface area contributed by atoms with Gasteiger partial charge in [-0.2, -0.15) is 0 Å². The highest BCUT2D eigenvalue weighted by atomic mass is 16.5. The zero-order valence-corrected chi connectivity index (χ0v) is 11.3. The van der Waals surface area contributed by atoms with E-state index in [-0.39, 0.29) is 6.04 Å². The molecule has 1 aliphatic heterocycles. The van der Waals surface area contributed by atoms with Gasteiger partial charge in [0, 0.05) is 12.1 Å². The Labute approximate surface area is 113 Å². The van der Waals surface area contributed by atoms with Crippen molar-refractivity contribution in [2.45, 2.75) is 24.9 Å². The van der Waals surface area contributed by atoms with E-state index in [1.165, 1.54) is 12.8 Å². The fraction of sp³-hybridized carbons (Fsp3) is 0.500. The van der Waals surface area contributed by atoms with Crippen molar-refractivity contribution in [1.29, 1.82) is 0 Å². The van der Waals surface area contributed by atoms with E-state index in [9.17, 15) is 0 Å². The summed E-state index contributed by atoms with van der Waals surface area (Å²) >= 11 is 0. The number of guanidine groups is 1. The molecule has 1 saturated carbocycles. The van der Waals surface area contributed by atoms with E-state index in [0.29, 0.717) is 18.5 Å². The lowest BCUT2D eigenvalue weighted by Gasteiger charge is -2.27. The molecule has 1 atom stereocenters. The molecule has 1 fully saturated rings. The molecule has 0 radical (unpaired) electrons. The van der Waals surface area contributed by atoms with Crippen LogP contribution in [0.3, 0.4) is 0 Å². The molecule has 3 rings (SSSR count). The summed E-state index contributed by atoms with van der Waals surface area (Å²) in [6.45, 7) is 0.707. The van der Waals surface area contributed by atoms with Crippen molar-refractivity contribution in [3.05, 3.63) is 23.8 Å². The summed E-state index contributed by atoms with van der Waals surface area (Å²) in [6, 6.07) is 6.71. The Morgan fingerprint density at radius 2 is 1.79 bits per heavy atom. The van der Waals surface area contributed by atoms with Gasteiger partial charge in [-0.25, -0.2) is 0 Å². The van der Waals surface area contributed by atoms with Crippen LogP contribution in [-0.4, -0.2) is 37.7 Å². The molecule has 102 valence electrons. The van der Waals surface area contributed by atoms with Crippen LogP contribution in [0.2, 0.25) is 0 Å². The largest absolute Gasteiger partial charge is 0.497 e. The van der Waals surface area contributed by atoms with Gasteiger partial charge in [0.1, 0.15) is 11.5 Å². The highest BCUT2D eigenvalue weighted by molar-refractivity contribution is 5.81. The van der Waals surface area contributed by atoms with Crippen LogP contribution in [-0.2, 0) is 0 Å². The van der Waals surface area contributed by atoms with Crippen LogP contribution in [0.15, 0.2) is 23.2 Å². The number of nitrogens with zero attached hydrogens (tertiary/aromatic N) is 2. The highest BCUT2D eigenvalue weighted by Gasteiger charge is 2.39. The summed E-state index contributed by atoms with van der Waals surface area (Å²) in [4.78, 5) is 6.62. The van der Waals surface area contributed by atoms with Crippen LogP contribution in [0.25, 0.3) is 0 Å². The molecular weight excluding hydrogens is 242 g/mol. The molecule has 1 heterocycles. The van der Waals surface area contributed by atoms with Crippen LogP contribution in [0.5, 0.6) is 11.5 Å². The average Bonchev–Trinajstić information content (AvgIpc) is 3.20. The third-order valence-corrected chi connectivity index (χ3v) is 3.73. The van der Waals surface area contributed by atoms with Gasteiger partial charge in [-0.15, -0.1) is 0 Å². The minimum atomic E-state index is 0.205. The van der Waals surface area contributed by atoms with Gasteiger partial charge in [0.2, 0.25) is 0 Å². The summed E-state index contributed by atoms with van der Waals surface area (Å²) in [6.07, 6.45) is 2.40. The van der Waals surface area contributed by atoms with Crippen molar-refractivity contribution in [2.24, 2.45) is 10.7 Å². The molecule has 5 heteroatoms. The first-order chi connectivity index (χ1) is 9.22. The second-order valence-electron chi connectivity index (χ2n) is 5.00. The number of hydrogen-bond acceptors (Lipinski definition) is 5. The first kappa shape index (κ1) is 12.1. The Morgan fingerprint density at radius 3 is 2.32 bits per heavy atom. The lowest BCUT2D eigenvalue weighted by Crippen LogP contribution is -2.37. The smallest absolute Gasteiger partial charge is 0.192 e. The predicted octanol–water partition coefficient (Wildman–Crippen LogP) is 1.54. The number of hydrogen-bond donors (Lipinski definition) is 1. The summed E-state index contributed by atoms with van der Waals surface area (Å²) in [5.41, 5.74) is 7.15. The molecule has 0 spiro atoms.